The highest BCUT2D eigenvalue weighted by atomic mass is 35.5. The normalized spacial score (nSPS) is 10.7. The van der Waals surface area contributed by atoms with E-state index in [1.807, 2.05) is 0 Å². The Bertz CT molecular complexity index is 329. The van der Waals surface area contributed by atoms with Crippen molar-refractivity contribution < 1.29 is 0 Å². The molecule has 0 bridgehead atoms. The van der Waals surface area contributed by atoms with Gasteiger partial charge in [-0.25, -0.2) is 4.68 Å². The van der Waals surface area contributed by atoms with Crippen LogP contribution in [0.15, 0.2) is 22.6 Å². The Morgan fingerprint density at radius 1 is 1.73 bits per heavy atom. The first-order chi connectivity index (χ1) is 5.24. The summed E-state index contributed by atoms with van der Waals surface area (Å²) in [6, 6.07) is 1.46. The van der Waals surface area contributed by atoms with Crippen LogP contribution < -0.4 is 5.56 Å². The molecule has 58 valence electrons. The number of rotatable bonds is 1. The molecule has 11 heavy (non-hydrogen) atoms. The maximum atomic E-state index is 10.9. The van der Waals surface area contributed by atoms with E-state index in [1.165, 1.54) is 16.3 Å². The van der Waals surface area contributed by atoms with Crippen molar-refractivity contribution in [2.75, 3.05) is 0 Å². The standard InChI is InChI=1S/C7H7ClN2O/c1-10-7(11)4-6(2-3-8)5-9-10/h2-5H,1H3/b3-2+. The number of nitrogens with zero attached hydrogens (tertiary/aromatic N) is 2. The second kappa shape index (κ2) is 3.34. The second-order valence-corrected chi connectivity index (χ2v) is 2.30. The van der Waals surface area contributed by atoms with E-state index in [1.54, 1.807) is 19.3 Å². The molecule has 0 aliphatic rings. The average molecular weight is 171 g/mol. The second-order valence-electron chi connectivity index (χ2n) is 2.04. The lowest BCUT2D eigenvalue weighted by Crippen LogP contribution is -2.17. The summed E-state index contributed by atoms with van der Waals surface area (Å²) >= 11 is 5.31. The lowest BCUT2D eigenvalue weighted by atomic mass is 10.3. The molecule has 4 heteroatoms. The molecule has 0 radical (unpaired) electrons. The molecule has 0 aliphatic heterocycles. The highest BCUT2D eigenvalue weighted by Crippen LogP contribution is 1.95. The smallest absolute Gasteiger partial charge is 0.267 e. The van der Waals surface area contributed by atoms with E-state index in [0.717, 1.165) is 0 Å². The van der Waals surface area contributed by atoms with Gasteiger partial charge in [0.1, 0.15) is 0 Å². The molecule has 0 unspecified atom stereocenters. The fraction of sp³-hybridized carbons (Fsp3) is 0.143. The first-order valence-corrected chi connectivity index (χ1v) is 3.48. The first-order valence-electron chi connectivity index (χ1n) is 3.04. The van der Waals surface area contributed by atoms with E-state index in [0.29, 0.717) is 5.56 Å². The third kappa shape index (κ3) is 1.91. The summed E-state index contributed by atoms with van der Waals surface area (Å²) in [6.45, 7) is 0. The van der Waals surface area contributed by atoms with E-state index >= 15 is 0 Å². The average Bonchev–Trinajstić information content (AvgIpc) is 1.98. The van der Waals surface area contributed by atoms with Crippen molar-refractivity contribution in [3.05, 3.63) is 33.7 Å². The van der Waals surface area contributed by atoms with Crippen LogP contribution in [0, 0.1) is 0 Å². The summed E-state index contributed by atoms with van der Waals surface area (Å²) in [4.78, 5) is 10.9. The molecule has 0 spiro atoms. The van der Waals surface area contributed by atoms with Crippen LogP contribution in [-0.2, 0) is 7.05 Å². The fourth-order valence-corrected chi connectivity index (χ4v) is 0.793. The van der Waals surface area contributed by atoms with Crippen LogP contribution in [0.4, 0.5) is 0 Å². The summed E-state index contributed by atoms with van der Waals surface area (Å²) in [5, 5.41) is 3.79. The minimum absolute atomic E-state index is 0.141. The Labute approximate surface area is 68.9 Å². The Kier molecular flexibility index (Phi) is 2.44. The molecule has 0 saturated carbocycles. The van der Waals surface area contributed by atoms with Crippen LogP contribution in [0.3, 0.4) is 0 Å². The molecule has 0 N–H and O–H groups in total. The van der Waals surface area contributed by atoms with E-state index in [2.05, 4.69) is 5.10 Å². The van der Waals surface area contributed by atoms with Crippen molar-refractivity contribution in [2.24, 2.45) is 7.05 Å². The zero-order valence-corrected chi connectivity index (χ0v) is 6.75. The van der Waals surface area contributed by atoms with E-state index < -0.39 is 0 Å². The predicted octanol–water partition coefficient (Wildman–Crippen LogP) is 0.990. The maximum absolute atomic E-state index is 10.9. The van der Waals surface area contributed by atoms with E-state index in [-0.39, 0.29) is 5.56 Å². The monoisotopic (exact) mass is 170 g/mol. The van der Waals surface area contributed by atoms with Gasteiger partial charge in [-0.05, 0) is 6.08 Å². The zero-order chi connectivity index (χ0) is 8.27. The van der Waals surface area contributed by atoms with Crippen molar-refractivity contribution in [1.82, 2.24) is 9.78 Å². The summed E-state index contributed by atoms with van der Waals surface area (Å²) in [5.74, 6) is 0. The van der Waals surface area contributed by atoms with E-state index in [4.69, 9.17) is 11.6 Å². The van der Waals surface area contributed by atoms with Crippen molar-refractivity contribution in [1.29, 1.82) is 0 Å². The Balaban J connectivity index is 3.15. The number of aromatic nitrogens is 2. The van der Waals surface area contributed by atoms with Gasteiger partial charge in [0.15, 0.2) is 0 Å². The zero-order valence-electron chi connectivity index (χ0n) is 5.99. The van der Waals surface area contributed by atoms with Gasteiger partial charge in [0.2, 0.25) is 0 Å². The predicted molar refractivity (Wildman–Crippen MR) is 44.4 cm³/mol. The summed E-state index contributed by atoms with van der Waals surface area (Å²) < 4.78 is 1.26. The summed E-state index contributed by atoms with van der Waals surface area (Å²) in [5.41, 5.74) is 1.91. The molecule has 0 aromatic carbocycles. The SMILES string of the molecule is Cn1ncc(/C=C/Cl)cc1=O. The van der Waals surface area contributed by atoms with Crippen LogP contribution in [0.5, 0.6) is 0 Å². The van der Waals surface area contributed by atoms with Crippen LogP contribution >= 0.6 is 11.6 Å². The molecule has 1 rings (SSSR count). The van der Waals surface area contributed by atoms with Crippen LogP contribution in [0.1, 0.15) is 5.56 Å². The highest BCUT2D eigenvalue weighted by molar-refractivity contribution is 6.27. The Morgan fingerprint density at radius 2 is 2.45 bits per heavy atom. The fourth-order valence-electron chi connectivity index (χ4n) is 0.647. The Morgan fingerprint density at radius 3 is 3.00 bits per heavy atom. The third-order valence-electron chi connectivity index (χ3n) is 1.24. The topological polar surface area (TPSA) is 34.9 Å². The number of hydrogen-bond acceptors (Lipinski definition) is 2. The van der Waals surface area contributed by atoms with Crippen molar-refractivity contribution >= 4 is 17.7 Å². The lowest BCUT2D eigenvalue weighted by Gasteiger charge is -1.94. The van der Waals surface area contributed by atoms with Gasteiger partial charge < -0.3 is 0 Å². The molecule has 1 aromatic rings. The Hall–Kier alpha value is -1.09. The molecule has 0 amide bonds. The molecule has 0 fully saturated rings. The van der Waals surface area contributed by atoms with Gasteiger partial charge in [0.05, 0.1) is 6.20 Å². The number of aryl methyl sites for hydroxylation is 1. The highest BCUT2D eigenvalue weighted by Gasteiger charge is 1.90. The van der Waals surface area contributed by atoms with Crippen molar-refractivity contribution in [3.63, 3.8) is 0 Å². The number of halogens is 1. The van der Waals surface area contributed by atoms with Gasteiger partial charge in [-0.1, -0.05) is 11.6 Å². The molecule has 0 atom stereocenters. The molecule has 0 saturated heterocycles. The molecular weight excluding hydrogens is 164 g/mol. The van der Waals surface area contributed by atoms with Crippen LogP contribution in [0.2, 0.25) is 0 Å². The van der Waals surface area contributed by atoms with Gasteiger partial charge in [-0.15, -0.1) is 0 Å². The van der Waals surface area contributed by atoms with Crippen LogP contribution in [-0.4, -0.2) is 9.78 Å². The maximum Gasteiger partial charge on any atom is 0.267 e. The van der Waals surface area contributed by atoms with Gasteiger partial charge in [-0.2, -0.15) is 5.10 Å². The largest absolute Gasteiger partial charge is 0.268 e. The molecule has 1 heterocycles. The van der Waals surface area contributed by atoms with Gasteiger partial charge in [-0.3, -0.25) is 4.79 Å². The van der Waals surface area contributed by atoms with Gasteiger partial charge in [0, 0.05) is 24.2 Å². The summed E-state index contributed by atoms with van der Waals surface area (Å²) in [6.07, 6.45) is 3.18. The van der Waals surface area contributed by atoms with Crippen molar-refractivity contribution in [2.45, 2.75) is 0 Å². The molecule has 0 aliphatic carbocycles. The minimum Gasteiger partial charge on any atom is -0.268 e. The van der Waals surface area contributed by atoms with Gasteiger partial charge >= 0.3 is 0 Å². The molecular formula is C7H7ClN2O. The van der Waals surface area contributed by atoms with Gasteiger partial charge in [0.25, 0.3) is 5.56 Å². The lowest BCUT2D eigenvalue weighted by molar-refractivity contribution is 0.706. The van der Waals surface area contributed by atoms with E-state index in [9.17, 15) is 4.79 Å². The summed E-state index contributed by atoms with van der Waals surface area (Å²) in [7, 11) is 1.59. The molecule has 1 aromatic heterocycles. The third-order valence-corrected chi connectivity index (χ3v) is 1.37. The first kappa shape index (κ1) is 8.01. The van der Waals surface area contributed by atoms with Crippen molar-refractivity contribution in [3.8, 4) is 0 Å². The minimum atomic E-state index is -0.141. The van der Waals surface area contributed by atoms with Crippen LogP contribution in [0.25, 0.3) is 6.08 Å². The number of hydrogen-bond donors (Lipinski definition) is 0. The molecule has 3 nitrogen and oxygen atoms in total. The quantitative estimate of drug-likeness (QED) is 0.630.